The Morgan fingerprint density at radius 2 is 1.30 bits per heavy atom. The van der Waals surface area contributed by atoms with Crippen molar-refractivity contribution < 1.29 is 9.59 Å². The number of piperazine rings is 2. The first-order valence-electron chi connectivity index (χ1n) is 11.4. The average molecular weight is 444 g/mol. The van der Waals surface area contributed by atoms with Gasteiger partial charge in [-0.05, 0) is 11.1 Å². The van der Waals surface area contributed by atoms with Crippen LogP contribution in [0.15, 0.2) is 72.4 Å². The summed E-state index contributed by atoms with van der Waals surface area (Å²) in [4.78, 5) is 31.8. The first-order chi connectivity index (χ1) is 16.2. The maximum atomic E-state index is 13.1. The van der Waals surface area contributed by atoms with Crippen molar-refractivity contribution in [2.45, 2.75) is 6.04 Å². The highest BCUT2D eigenvalue weighted by Gasteiger charge is 2.29. The van der Waals surface area contributed by atoms with Crippen LogP contribution in [0.2, 0.25) is 0 Å². The third-order valence-corrected chi connectivity index (χ3v) is 6.36. The second-order valence-electron chi connectivity index (χ2n) is 8.38. The van der Waals surface area contributed by atoms with E-state index in [1.54, 1.807) is 16.0 Å². The predicted octanol–water partition coefficient (Wildman–Crippen LogP) is 2.10. The van der Waals surface area contributed by atoms with Gasteiger partial charge in [0.2, 0.25) is 6.41 Å². The summed E-state index contributed by atoms with van der Waals surface area (Å²) in [7, 11) is 0. The molecule has 4 rings (SSSR count). The molecule has 2 heterocycles. The summed E-state index contributed by atoms with van der Waals surface area (Å²) in [5.74, 6) is -0.217. The summed E-state index contributed by atoms with van der Waals surface area (Å²) in [5, 5.41) is 9.62. The van der Waals surface area contributed by atoms with Gasteiger partial charge in [-0.2, -0.15) is 5.26 Å². The van der Waals surface area contributed by atoms with Crippen LogP contribution in [0.1, 0.15) is 17.2 Å². The first kappa shape index (κ1) is 22.6. The molecule has 7 heteroatoms. The second-order valence-corrected chi connectivity index (χ2v) is 8.38. The molecule has 33 heavy (non-hydrogen) atoms. The molecule has 0 bridgehead atoms. The number of nitrogens with zero attached hydrogens (tertiary/aromatic N) is 5. The molecule has 2 aromatic rings. The Kier molecular flexibility index (Phi) is 7.38. The van der Waals surface area contributed by atoms with Crippen LogP contribution < -0.4 is 0 Å². The van der Waals surface area contributed by atoms with Gasteiger partial charge in [0.15, 0.2) is 0 Å². The topological polar surface area (TPSA) is 70.9 Å². The molecule has 2 saturated heterocycles. The number of rotatable bonds is 6. The van der Waals surface area contributed by atoms with E-state index in [9.17, 15) is 14.9 Å². The average Bonchev–Trinajstić information content (AvgIpc) is 2.89. The van der Waals surface area contributed by atoms with Gasteiger partial charge in [-0.1, -0.05) is 60.7 Å². The van der Waals surface area contributed by atoms with E-state index in [0.717, 1.165) is 19.5 Å². The van der Waals surface area contributed by atoms with E-state index in [-0.39, 0.29) is 17.5 Å². The Labute approximate surface area is 195 Å². The summed E-state index contributed by atoms with van der Waals surface area (Å²) >= 11 is 0. The van der Waals surface area contributed by atoms with Gasteiger partial charge in [-0.15, -0.1) is 0 Å². The molecule has 2 aliphatic heterocycles. The monoisotopic (exact) mass is 443 g/mol. The maximum absolute atomic E-state index is 13.1. The molecular formula is C26H29N5O2. The molecular weight excluding hydrogens is 414 g/mol. The molecule has 0 atom stereocenters. The van der Waals surface area contributed by atoms with Crippen LogP contribution in [-0.2, 0) is 9.59 Å². The van der Waals surface area contributed by atoms with E-state index >= 15 is 0 Å². The molecule has 7 nitrogen and oxygen atoms in total. The van der Waals surface area contributed by atoms with Crippen molar-refractivity contribution in [1.29, 1.82) is 5.26 Å². The zero-order chi connectivity index (χ0) is 23.0. The van der Waals surface area contributed by atoms with Crippen molar-refractivity contribution in [3.63, 3.8) is 0 Å². The summed E-state index contributed by atoms with van der Waals surface area (Å²) in [6.45, 7) is 5.08. The molecule has 2 aromatic carbocycles. The fourth-order valence-electron chi connectivity index (χ4n) is 4.52. The van der Waals surface area contributed by atoms with Crippen LogP contribution in [0.3, 0.4) is 0 Å². The minimum absolute atomic E-state index is 0.129. The summed E-state index contributed by atoms with van der Waals surface area (Å²) in [6.07, 6.45) is 2.50. The van der Waals surface area contributed by atoms with Crippen LogP contribution in [0.25, 0.3) is 0 Å². The third kappa shape index (κ3) is 5.41. The molecule has 0 saturated carbocycles. The second kappa shape index (κ2) is 10.8. The van der Waals surface area contributed by atoms with E-state index in [0.29, 0.717) is 39.3 Å². The van der Waals surface area contributed by atoms with Gasteiger partial charge < -0.3 is 14.7 Å². The van der Waals surface area contributed by atoms with Crippen molar-refractivity contribution in [3.8, 4) is 6.07 Å². The van der Waals surface area contributed by atoms with Crippen LogP contribution >= 0.6 is 0 Å². The molecule has 0 radical (unpaired) electrons. The highest BCUT2D eigenvalue weighted by molar-refractivity contribution is 5.97. The molecule has 2 fully saturated rings. The SMILES string of the molecule is N#C/C(=C/N1CCN(C=O)CC1)C(=O)N1CCN(C(c2ccccc2)c2ccccc2)CC1. The number of hydrogen-bond donors (Lipinski definition) is 0. The molecule has 0 N–H and O–H groups in total. The standard InChI is InChI=1S/C26H29N5O2/c27-19-24(20-28-11-13-29(21-32)14-12-28)26(33)31-17-15-30(16-18-31)25(22-7-3-1-4-8-22)23-9-5-2-6-10-23/h1-10,20-21,25H,11-18H2/b24-20-. The zero-order valence-electron chi connectivity index (χ0n) is 18.7. The van der Waals surface area contributed by atoms with Gasteiger partial charge in [0.1, 0.15) is 11.6 Å². The largest absolute Gasteiger partial charge is 0.373 e. The fraction of sp³-hybridized carbons (Fsp3) is 0.346. The lowest BCUT2D eigenvalue weighted by molar-refractivity contribution is -0.128. The van der Waals surface area contributed by atoms with Crippen LogP contribution in [0.4, 0.5) is 0 Å². The first-order valence-corrected chi connectivity index (χ1v) is 11.4. The number of benzene rings is 2. The summed E-state index contributed by atoms with van der Waals surface area (Å²) in [6, 6.07) is 23.1. The predicted molar refractivity (Wildman–Crippen MR) is 126 cm³/mol. The molecule has 0 unspecified atom stereocenters. The Morgan fingerprint density at radius 3 is 1.79 bits per heavy atom. The van der Waals surface area contributed by atoms with Crippen LogP contribution in [0.5, 0.6) is 0 Å². The molecule has 170 valence electrons. The minimum atomic E-state index is -0.217. The highest BCUT2D eigenvalue weighted by Crippen LogP contribution is 2.29. The number of carbonyl (C=O) groups excluding carboxylic acids is 2. The lowest BCUT2D eigenvalue weighted by Crippen LogP contribution is -2.50. The Morgan fingerprint density at radius 1 is 0.788 bits per heavy atom. The van der Waals surface area contributed by atoms with E-state index in [1.165, 1.54) is 11.1 Å². The van der Waals surface area contributed by atoms with Gasteiger partial charge in [0.25, 0.3) is 5.91 Å². The van der Waals surface area contributed by atoms with Gasteiger partial charge in [-0.3, -0.25) is 14.5 Å². The summed E-state index contributed by atoms with van der Waals surface area (Å²) in [5.41, 5.74) is 2.62. The number of nitriles is 1. The quantitative estimate of drug-likeness (QED) is 0.389. The molecule has 0 aliphatic carbocycles. The normalized spacial score (nSPS) is 17.7. The van der Waals surface area contributed by atoms with Crippen molar-refractivity contribution in [1.82, 2.24) is 19.6 Å². The van der Waals surface area contributed by atoms with Crippen LogP contribution in [-0.4, -0.2) is 84.3 Å². The number of hydrogen-bond acceptors (Lipinski definition) is 5. The van der Waals surface area contributed by atoms with E-state index in [1.807, 2.05) is 17.0 Å². The minimum Gasteiger partial charge on any atom is -0.373 e. The molecule has 0 spiro atoms. The van der Waals surface area contributed by atoms with Gasteiger partial charge in [0, 0.05) is 58.6 Å². The van der Waals surface area contributed by atoms with Crippen molar-refractivity contribution in [3.05, 3.63) is 83.6 Å². The third-order valence-electron chi connectivity index (χ3n) is 6.36. The fourth-order valence-corrected chi connectivity index (χ4v) is 4.52. The molecule has 2 amide bonds. The smallest absolute Gasteiger partial charge is 0.266 e. The summed E-state index contributed by atoms with van der Waals surface area (Å²) < 4.78 is 0. The lowest BCUT2D eigenvalue weighted by atomic mass is 9.96. The Balaban J connectivity index is 1.42. The Hall–Kier alpha value is -3.63. The highest BCUT2D eigenvalue weighted by atomic mass is 16.2. The van der Waals surface area contributed by atoms with Gasteiger partial charge in [0.05, 0.1) is 6.04 Å². The Bertz CT molecular complexity index is 962. The van der Waals surface area contributed by atoms with E-state index in [2.05, 4.69) is 59.5 Å². The molecule has 0 aromatic heterocycles. The number of carbonyl (C=O) groups is 2. The molecule has 2 aliphatic rings. The van der Waals surface area contributed by atoms with Crippen LogP contribution in [0, 0.1) is 11.3 Å². The van der Waals surface area contributed by atoms with E-state index < -0.39 is 0 Å². The van der Waals surface area contributed by atoms with E-state index in [4.69, 9.17) is 0 Å². The zero-order valence-corrected chi connectivity index (χ0v) is 18.7. The van der Waals surface area contributed by atoms with Crippen molar-refractivity contribution in [2.75, 3.05) is 52.4 Å². The number of amides is 2. The van der Waals surface area contributed by atoms with Crippen molar-refractivity contribution in [2.24, 2.45) is 0 Å². The maximum Gasteiger partial charge on any atom is 0.266 e. The lowest BCUT2D eigenvalue weighted by Gasteiger charge is -2.40. The van der Waals surface area contributed by atoms with Gasteiger partial charge in [-0.25, -0.2) is 0 Å². The van der Waals surface area contributed by atoms with Crippen molar-refractivity contribution >= 4 is 12.3 Å². The van der Waals surface area contributed by atoms with Gasteiger partial charge >= 0.3 is 0 Å².